The van der Waals surface area contributed by atoms with Crippen LogP contribution in [0.2, 0.25) is 0 Å². The third-order valence-electron chi connectivity index (χ3n) is 4.45. The van der Waals surface area contributed by atoms with Crippen molar-refractivity contribution in [3.05, 3.63) is 70.0 Å². The van der Waals surface area contributed by atoms with Crippen LogP contribution in [0.15, 0.2) is 37.5 Å². The number of rotatable bonds is 6. The summed E-state index contributed by atoms with van der Waals surface area (Å²) in [5.41, 5.74) is 0.929. The van der Waals surface area contributed by atoms with Crippen LogP contribution < -0.4 is 10.6 Å². The highest BCUT2D eigenvalue weighted by molar-refractivity contribution is 5.96. The standard InChI is InChI=1S/C21H24N2O5/c1-11-6-7-19(28-11)18(23-21(25)17-9-13(3)27-15(17)5)10-22-20(24)16-8-12(2)26-14(16)4/h6-9,18H,10H2,1-5H3,(H,22,24)(H,23,25). The van der Waals surface area contributed by atoms with Crippen molar-refractivity contribution < 1.29 is 22.8 Å². The Bertz CT molecular complexity index is 1010. The van der Waals surface area contributed by atoms with E-state index in [1.165, 1.54) is 0 Å². The molecule has 2 N–H and O–H groups in total. The van der Waals surface area contributed by atoms with E-state index < -0.39 is 6.04 Å². The van der Waals surface area contributed by atoms with Gasteiger partial charge in [0.25, 0.3) is 11.8 Å². The van der Waals surface area contributed by atoms with Gasteiger partial charge in [0.1, 0.15) is 40.6 Å². The maximum absolute atomic E-state index is 12.7. The zero-order valence-electron chi connectivity index (χ0n) is 16.6. The van der Waals surface area contributed by atoms with Crippen LogP contribution in [0.25, 0.3) is 0 Å². The maximum atomic E-state index is 12.7. The van der Waals surface area contributed by atoms with E-state index in [1.54, 1.807) is 45.9 Å². The van der Waals surface area contributed by atoms with Crippen molar-refractivity contribution >= 4 is 11.8 Å². The predicted octanol–water partition coefficient (Wildman–Crippen LogP) is 3.91. The van der Waals surface area contributed by atoms with Gasteiger partial charge in [-0.1, -0.05) is 0 Å². The Labute approximate surface area is 163 Å². The normalized spacial score (nSPS) is 12.0. The van der Waals surface area contributed by atoms with Gasteiger partial charge in [0, 0.05) is 6.54 Å². The molecule has 148 valence electrons. The van der Waals surface area contributed by atoms with Crippen LogP contribution in [0.4, 0.5) is 0 Å². The molecule has 3 aromatic heterocycles. The number of carbonyl (C=O) groups is 2. The number of carbonyl (C=O) groups excluding carboxylic acids is 2. The summed E-state index contributed by atoms with van der Waals surface area (Å²) >= 11 is 0. The minimum Gasteiger partial charge on any atom is -0.466 e. The quantitative estimate of drug-likeness (QED) is 0.671. The van der Waals surface area contributed by atoms with Gasteiger partial charge >= 0.3 is 0 Å². The van der Waals surface area contributed by atoms with Crippen molar-refractivity contribution in [2.75, 3.05) is 6.54 Å². The molecule has 3 aromatic rings. The number of nitrogens with one attached hydrogen (secondary N) is 2. The number of hydrogen-bond donors (Lipinski definition) is 2. The summed E-state index contributed by atoms with van der Waals surface area (Å²) in [5.74, 6) is 3.13. The van der Waals surface area contributed by atoms with Crippen LogP contribution in [0.3, 0.4) is 0 Å². The van der Waals surface area contributed by atoms with Crippen molar-refractivity contribution in [1.82, 2.24) is 10.6 Å². The molecule has 1 unspecified atom stereocenters. The second-order valence-electron chi connectivity index (χ2n) is 6.84. The molecule has 2 amide bonds. The third-order valence-corrected chi connectivity index (χ3v) is 4.45. The molecule has 0 aliphatic rings. The summed E-state index contributed by atoms with van der Waals surface area (Å²) in [6, 6.07) is 6.44. The van der Waals surface area contributed by atoms with E-state index in [1.807, 2.05) is 13.0 Å². The van der Waals surface area contributed by atoms with Crippen molar-refractivity contribution in [1.29, 1.82) is 0 Å². The summed E-state index contributed by atoms with van der Waals surface area (Å²) in [7, 11) is 0. The lowest BCUT2D eigenvalue weighted by Gasteiger charge is -2.17. The van der Waals surface area contributed by atoms with E-state index in [4.69, 9.17) is 13.3 Å². The Morgan fingerprint density at radius 3 is 1.86 bits per heavy atom. The highest BCUT2D eigenvalue weighted by atomic mass is 16.3. The molecule has 0 fully saturated rings. The highest BCUT2D eigenvalue weighted by Crippen LogP contribution is 2.20. The fraction of sp³-hybridized carbons (Fsp3) is 0.333. The number of furan rings is 3. The molecule has 0 aliphatic heterocycles. The van der Waals surface area contributed by atoms with E-state index in [-0.39, 0.29) is 18.4 Å². The molecule has 3 heterocycles. The van der Waals surface area contributed by atoms with Crippen molar-refractivity contribution in [3.63, 3.8) is 0 Å². The summed E-state index contributed by atoms with van der Waals surface area (Å²) in [6.45, 7) is 9.03. The molecular formula is C21H24N2O5. The predicted molar refractivity (Wildman–Crippen MR) is 102 cm³/mol. The van der Waals surface area contributed by atoms with Crippen molar-refractivity contribution in [3.8, 4) is 0 Å². The number of hydrogen-bond acceptors (Lipinski definition) is 5. The Morgan fingerprint density at radius 2 is 1.39 bits per heavy atom. The molecule has 3 rings (SSSR count). The van der Waals surface area contributed by atoms with Crippen molar-refractivity contribution in [2.24, 2.45) is 0 Å². The summed E-state index contributed by atoms with van der Waals surface area (Å²) in [6.07, 6.45) is 0. The highest BCUT2D eigenvalue weighted by Gasteiger charge is 2.23. The molecule has 1 atom stereocenters. The number of amides is 2. The SMILES string of the molecule is Cc1ccc(C(CNC(=O)c2cc(C)oc2C)NC(=O)c2cc(C)oc2C)o1. The minimum absolute atomic E-state index is 0.164. The monoisotopic (exact) mass is 384 g/mol. The molecular weight excluding hydrogens is 360 g/mol. The smallest absolute Gasteiger partial charge is 0.255 e. The van der Waals surface area contributed by atoms with Gasteiger partial charge in [0.05, 0.1) is 11.1 Å². The fourth-order valence-electron chi connectivity index (χ4n) is 3.10. The molecule has 0 aliphatic carbocycles. The van der Waals surface area contributed by atoms with Gasteiger partial charge in [-0.3, -0.25) is 9.59 Å². The Hall–Kier alpha value is -3.22. The fourth-order valence-corrected chi connectivity index (χ4v) is 3.10. The Balaban J connectivity index is 1.76. The van der Waals surface area contributed by atoms with Crippen molar-refractivity contribution in [2.45, 2.75) is 40.7 Å². The maximum Gasteiger partial charge on any atom is 0.255 e. The van der Waals surface area contributed by atoms with E-state index in [0.717, 1.165) is 5.76 Å². The molecule has 0 saturated heterocycles. The van der Waals surface area contributed by atoms with Crippen LogP contribution in [0.5, 0.6) is 0 Å². The molecule has 0 saturated carbocycles. The molecule has 7 nitrogen and oxygen atoms in total. The molecule has 0 spiro atoms. The lowest BCUT2D eigenvalue weighted by Crippen LogP contribution is -2.38. The van der Waals surface area contributed by atoms with Gasteiger partial charge in [-0.15, -0.1) is 0 Å². The van der Waals surface area contributed by atoms with Crippen LogP contribution in [-0.2, 0) is 0 Å². The minimum atomic E-state index is -0.534. The van der Waals surface area contributed by atoms with Crippen LogP contribution >= 0.6 is 0 Å². The topological polar surface area (TPSA) is 97.6 Å². The molecule has 0 radical (unpaired) electrons. The zero-order chi connectivity index (χ0) is 20.4. The Morgan fingerprint density at radius 1 is 0.821 bits per heavy atom. The average molecular weight is 384 g/mol. The third kappa shape index (κ3) is 4.19. The summed E-state index contributed by atoms with van der Waals surface area (Å²) in [5, 5.41) is 5.75. The first-order valence-corrected chi connectivity index (χ1v) is 9.04. The van der Waals surface area contributed by atoms with Crippen LogP contribution in [-0.4, -0.2) is 18.4 Å². The largest absolute Gasteiger partial charge is 0.466 e. The first-order chi connectivity index (χ1) is 13.2. The first-order valence-electron chi connectivity index (χ1n) is 9.04. The zero-order valence-corrected chi connectivity index (χ0v) is 16.6. The van der Waals surface area contributed by atoms with Crippen LogP contribution in [0.1, 0.15) is 61.3 Å². The van der Waals surface area contributed by atoms with Gasteiger partial charge < -0.3 is 23.9 Å². The lowest BCUT2D eigenvalue weighted by atomic mass is 10.1. The number of aryl methyl sites for hydroxylation is 5. The molecule has 7 heteroatoms. The van der Waals surface area contributed by atoms with E-state index in [2.05, 4.69) is 10.6 Å². The first kappa shape index (κ1) is 19.5. The van der Waals surface area contributed by atoms with Gasteiger partial charge in [0.2, 0.25) is 0 Å². The summed E-state index contributed by atoms with van der Waals surface area (Å²) < 4.78 is 16.5. The van der Waals surface area contributed by atoms with Gasteiger partial charge in [0.15, 0.2) is 0 Å². The van der Waals surface area contributed by atoms with E-state index in [9.17, 15) is 9.59 Å². The Kier molecular flexibility index (Phi) is 5.44. The van der Waals surface area contributed by atoms with E-state index >= 15 is 0 Å². The molecule has 0 bridgehead atoms. The molecule has 28 heavy (non-hydrogen) atoms. The van der Waals surface area contributed by atoms with Gasteiger partial charge in [-0.25, -0.2) is 0 Å². The molecule has 0 aromatic carbocycles. The van der Waals surface area contributed by atoms with E-state index in [0.29, 0.717) is 39.9 Å². The van der Waals surface area contributed by atoms with Crippen LogP contribution in [0, 0.1) is 34.6 Å². The second-order valence-corrected chi connectivity index (χ2v) is 6.84. The average Bonchev–Trinajstić information content (AvgIpc) is 3.29. The second kappa shape index (κ2) is 7.80. The van der Waals surface area contributed by atoms with Gasteiger partial charge in [-0.2, -0.15) is 0 Å². The van der Waals surface area contributed by atoms with Gasteiger partial charge in [-0.05, 0) is 58.9 Å². The summed E-state index contributed by atoms with van der Waals surface area (Å²) in [4.78, 5) is 25.2. The lowest BCUT2D eigenvalue weighted by molar-refractivity contribution is 0.0901.